The van der Waals surface area contributed by atoms with E-state index in [0.717, 1.165) is 6.54 Å². The molecule has 2 aliphatic rings. The highest BCUT2D eigenvalue weighted by Crippen LogP contribution is 2.52. The van der Waals surface area contributed by atoms with Crippen molar-refractivity contribution in [3.05, 3.63) is 30.1 Å². The van der Waals surface area contributed by atoms with Crippen molar-refractivity contribution in [1.82, 2.24) is 4.90 Å². The third kappa shape index (κ3) is 3.86. The molecule has 0 aromatic heterocycles. The molecule has 1 aliphatic carbocycles. The van der Waals surface area contributed by atoms with Crippen LogP contribution in [0.5, 0.6) is 5.75 Å². The molecule has 1 aromatic rings. The molecule has 3 nitrogen and oxygen atoms in total. The maximum absolute atomic E-state index is 13.5. The first-order valence-corrected chi connectivity index (χ1v) is 8.56. The van der Waals surface area contributed by atoms with Gasteiger partial charge in [-0.25, -0.2) is 4.39 Å². The van der Waals surface area contributed by atoms with Gasteiger partial charge in [0.25, 0.3) is 0 Å². The Kier molecular flexibility index (Phi) is 4.41. The molecule has 1 aliphatic heterocycles. The fourth-order valence-electron chi connectivity index (χ4n) is 4.86. The van der Waals surface area contributed by atoms with Gasteiger partial charge in [-0.05, 0) is 42.2 Å². The third-order valence-corrected chi connectivity index (χ3v) is 5.24. The van der Waals surface area contributed by atoms with Crippen LogP contribution in [0.2, 0.25) is 0 Å². The lowest BCUT2D eigenvalue weighted by Crippen LogP contribution is -2.39. The molecule has 128 valence electrons. The highest BCUT2D eigenvalue weighted by Gasteiger charge is 2.49. The quantitative estimate of drug-likeness (QED) is 0.901. The summed E-state index contributed by atoms with van der Waals surface area (Å²) in [5.74, 6) is -0.175. The van der Waals surface area contributed by atoms with Crippen molar-refractivity contribution in [1.29, 1.82) is 0 Å². The van der Waals surface area contributed by atoms with Crippen LogP contribution in [0.3, 0.4) is 0 Å². The Bertz CT molecular complexity index is 562. The standard InChI is InChI=1S/C19H28FNO2/c1-18(2)8-14-9-19(3,12-18)13-21(14)10-15(22)11-23-17-7-5-4-6-16(17)20/h4-7,14-15,22H,8-13H2,1-3H3/t14-,15+,19+/m0/s1. The number of aliphatic hydroxyl groups excluding tert-OH is 1. The molecular weight excluding hydrogens is 293 g/mol. The monoisotopic (exact) mass is 321 g/mol. The van der Waals surface area contributed by atoms with Gasteiger partial charge in [0.05, 0.1) is 0 Å². The molecule has 0 unspecified atom stereocenters. The van der Waals surface area contributed by atoms with Gasteiger partial charge in [0.15, 0.2) is 11.6 Å². The number of fused-ring (bicyclic) bond motifs is 2. The average Bonchev–Trinajstić information content (AvgIpc) is 2.66. The van der Waals surface area contributed by atoms with E-state index in [1.54, 1.807) is 18.2 Å². The van der Waals surface area contributed by atoms with Gasteiger partial charge in [-0.15, -0.1) is 0 Å². The van der Waals surface area contributed by atoms with Crippen molar-refractivity contribution in [3.63, 3.8) is 0 Å². The van der Waals surface area contributed by atoms with Crippen molar-refractivity contribution in [2.45, 2.75) is 52.2 Å². The van der Waals surface area contributed by atoms with E-state index in [2.05, 4.69) is 25.7 Å². The first-order valence-electron chi connectivity index (χ1n) is 8.56. The van der Waals surface area contributed by atoms with Gasteiger partial charge in [-0.3, -0.25) is 4.90 Å². The highest BCUT2D eigenvalue weighted by atomic mass is 19.1. The second kappa shape index (κ2) is 6.06. The van der Waals surface area contributed by atoms with Gasteiger partial charge >= 0.3 is 0 Å². The third-order valence-electron chi connectivity index (χ3n) is 5.24. The lowest BCUT2D eigenvalue weighted by Gasteiger charge is -2.40. The zero-order chi connectivity index (χ0) is 16.7. The largest absolute Gasteiger partial charge is 0.488 e. The zero-order valence-electron chi connectivity index (χ0n) is 14.4. The fourth-order valence-corrected chi connectivity index (χ4v) is 4.86. The van der Waals surface area contributed by atoms with Gasteiger partial charge in [-0.2, -0.15) is 0 Å². The lowest BCUT2D eigenvalue weighted by molar-refractivity contribution is 0.0573. The number of halogens is 1. The zero-order valence-corrected chi connectivity index (χ0v) is 14.4. The van der Waals surface area contributed by atoms with E-state index in [1.165, 1.54) is 25.3 Å². The molecule has 2 fully saturated rings. The summed E-state index contributed by atoms with van der Waals surface area (Å²) in [6.07, 6.45) is 3.05. The first-order chi connectivity index (χ1) is 10.8. The second-order valence-electron chi connectivity index (χ2n) is 8.54. The predicted molar refractivity (Wildman–Crippen MR) is 89.0 cm³/mol. The average molecular weight is 321 g/mol. The summed E-state index contributed by atoms with van der Waals surface area (Å²) in [4.78, 5) is 2.41. The van der Waals surface area contributed by atoms with E-state index in [4.69, 9.17) is 4.74 Å². The number of ether oxygens (including phenoxy) is 1. The number of hydrogen-bond donors (Lipinski definition) is 1. The topological polar surface area (TPSA) is 32.7 Å². The van der Waals surface area contributed by atoms with Crippen molar-refractivity contribution in [2.75, 3.05) is 19.7 Å². The van der Waals surface area contributed by atoms with Crippen LogP contribution in [0.15, 0.2) is 24.3 Å². The van der Waals surface area contributed by atoms with Crippen LogP contribution in [-0.2, 0) is 0 Å². The van der Waals surface area contributed by atoms with Crippen LogP contribution in [0.4, 0.5) is 4.39 Å². The molecular formula is C19H28FNO2. The summed E-state index contributed by atoms with van der Waals surface area (Å²) < 4.78 is 19.0. The Hall–Kier alpha value is -1.13. The summed E-state index contributed by atoms with van der Waals surface area (Å²) in [6, 6.07) is 6.87. The minimum Gasteiger partial charge on any atom is -0.488 e. The molecule has 0 radical (unpaired) electrons. The Morgan fingerprint density at radius 1 is 1.30 bits per heavy atom. The Morgan fingerprint density at radius 2 is 2.04 bits per heavy atom. The molecule has 0 amide bonds. The highest BCUT2D eigenvalue weighted by molar-refractivity contribution is 5.23. The predicted octanol–water partition coefficient (Wildman–Crippen LogP) is 3.47. The molecule has 1 heterocycles. The smallest absolute Gasteiger partial charge is 0.165 e. The van der Waals surface area contributed by atoms with Crippen molar-refractivity contribution >= 4 is 0 Å². The van der Waals surface area contributed by atoms with E-state index < -0.39 is 6.10 Å². The molecule has 4 heteroatoms. The number of rotatable bonds is 5. The molecule has 23 heavy (non-hydrogen) atoms. The van der Waals surface area contributed by atoms with Crippen molar-refractivity contribution < 1.29 is 14.2 Å². The fraction of sp³-hybridized carbons (Fsp3) is 0.684. The van der Waals surface area contributed by atoms with E-state index in [-0.39, 0.29) is 18.2 Å². The SMILES string of the molecule is CC1(C)C[C@H]2C[C@@](C)(CN2C[C@@H](O)COc2ccccc2F)C1. The van der Waals surface area contributed by atoms with Gasteiger partial charge in [0.2, 0.25) is 0 Å². The van der Waals surface area contributed by atoms with Crippen LogP contribution in [0.1, 0.15) is 40.0 Å². The Labute approximate surface area is 138 Å². The van der Waals surface area contributed by atoms with Crippen LogP contribution in [-0.4, -0.2) is 41.8 Å². The van der Waals surface area contributed by atoms with Gasteiger partial charge in [0.1, 0.15) is 12.7 Å². The first kappa shape index (κ1) is 16.7. The second-order valence-corrected chi connectivity index (χ2v) is 8.54. The number of para-hydroxylation sites is 1. The molecule has 3 atom stereocenters. The molecule has 2 bridgehead atoms. The van der Waals surface area contributed by atoms with Gasteiger partial charge in [0, 0.05) is 19.1 Å². The van der Waals surface area contributed by atoms with Crippen LogP contribution in [0, 0.1) is 16.6 Å². The van der Waals surface area contributed by atoms with Crippen molar-refractivity contribution in [2.24, 2.45) is 10.8 Å². The van der Waals surface area contributed by atoms with Gasteiger partial charge in [-0.1, -0.05) is 32.9 Å². The van der Waals surface area contributed by atoms with Crippen LogP contribution in [0.25, 0.3) is 0 Å². The van der Waals surface area contributed by atoms with E-state index in [9.17, 15) is 9.50 Å². The van der Waals surface area contributed by atoms with Gasteiger partial charge < -0.3 is 9.84 Å². The van der Waals surface area contributed by atoms with Crippen molar-refractivity contribution in [3.8, 4) is 5.75 Å². The summed E-state index contributed by atoms with van der Waals surface area (Å²) in [6.45, 7) is 8.83. The summed E-state index contributed by atoms with van der Waals surface area (Å²) in [5.41, 5.74) is 0.736. The number of aliphatic hydroxyl groups is 1. The number of benzene rings is 1. The van der Waals surface area contributed by atoms with E-state index >= 15 is 0 Å². The van der Waals surface area contributed by atoms with E-state index in [1.807, 2.05) is 0 Å². The summed E-state index contributed by atoms with van der Waals surface area (Å²) >= 11 is 0. The maximum Gasteiger partial charge on any atom is 0.165 e. The Morgan fingerprint density at radius 3 is 2.78 bits per heavy atom. The number of hydrogen-bond acceptors (Lipinski definition) is 3. The molecule has 1 saturated carbocycles. The lowest BCUT2D eigenvalue weighted by atomic mass is 9.65. The minimum atomic E-state index is -0.597. The van der Waals surface area contributed by atoms with E-state index in [0.29, 0.717) is 23.4 Å². The normalized spacial score (nSPS) is 31.1. The summed E-state index contributed by atoms with van der Waals surface area (Å²) in [7, 11) is 0. The number of likely N-dealkylation sites (tertiary alicyclic amines) is 1. The Balaban J connectivity index is 1.55. The maximum atomic E-state index is 13.5. The minimum absolute atomic E-state index is 0.129. The number of β-amino-alcohol motifs (C(OH)–C–C–N with tert-alkyl or cyclic N) is 1. The molecule has 1 saturated heterocycles. The molecule has 1 N–H and O–H groups in total. The molecule has 0 spiro atoms. The van der Waals surface area contributed by atoms with Crippen LogP contribution < -0.4 is 4.74 Å². The van der Waals surface area contributed by atoms with Crippen LogP contribution >= 0.6 is 0 Å². The molecule has 3 rings (SSSR count). The summed E-state index contributed by atoms with van der Waals surface area (Å²) in [5, 5.41) is 10.3. The molecule has 1 aromatic carbocycles. The number of nitrogens with zero attached hydrogens (tertiary/aromatic N) is 1.